The van der Waals surface area contributed by atoms with Crippen LogP contribution in [0.25, 0.3) is 0 Å². The van der Waals surface area contributed by atoms with Crippen LogP contribution in [0.3, 0.4) is 0 Å². The number of rotatable bonds is 3. The van der Waals surface area contributed by atoms with Gasteiger partial charge in [0.1, 0.15) is 0 Å². The third kappa shape index (κ3) is 6.06. The fraction of sp³-hybridized carbons (Fsp3) is 0.857. The Morgan fingerprint density at radius 1 is 1.55 bits per heavy atom. The SMILES string of the molecule is CNC(=S)NC(C)CN(C)C. The third-order valence-corrected chi connectivity index (χ3v) is 1.57. The number of likely N-dealkylation sites (N-methyl/N-ethyl adjacent to an activating group) is 1. The van der Waals surface area contributed by atoms with Crippen molar-refractivity contribution in [2.75, 3.05) is 27.7 Å². The molecular weight excluding hydrogens is 158 g/mol. The van der Waals surface area contributed by atoms with Crippen LogP contribution in [0.15, 0.2) is 0 Å². The summed E-state index contributed by atoms with van der Waals surface area (Å²) >= 11 is 4.94. The quantitative estimate of drug-likeness (QED) is 0.592. The van der Waals surface area contributed by atoms with E-state index in [1.54, 1.807) is 0 Å². The van der Waals surface area contributed by atoms with Crippen molar-refractivity contribution in [3.63, 3.8) is 0 Å². The van der Waals surface area contributed by atoms with Crippen molar-refractivity contribution in [2.24, 2.45) is 0 Å². The normalized spacial score (nSPS) is 12.8. The highest BCUT2D eigenvalue weighted by molar-refractivity contribution is 7.80. The Morgan fingerprint density at radius 3 is 2.45 bits per heavy atom. The number of nitrogens with zero attached hydrogens (tertiary/aromatic N) is 1. The van der Waals surface area contributed by atoms with Crippen LogP contribution in [0, 0.1) is 0 Å². The first-order valence-electron chi connectivity index (χ1n) is 3.69. The molecule has 1 atom stereocenters. The zero-order valence-corrected chi connectivity index (χ0v) is 8.46. The molecule has 0 aliphatic carbocycles. The summed E-state index contributed by atoms with van der Waals surface area (Å²) in [5.74, 6) is 0. The van der Waals surface area contributed by atoms with E-state index in [2.05, 4.69) is 22.5 Å². The zero-order valence-electron chi connectivity index (χ0n) is 7.64. The minimum absolute atomic E-state index is 0.393. The predicted molar refractivity (Wildman–Crippen MR) is 52.8 cm³/mol. The predicted octanol–water partition coefficient (Wildman–Crippen LogP) is 0.0304. The molecule has 0 heterocycles. The lowest BCUT2D eigenvalue weighted by Gasteiger charge is -2.19. The lowest BCUT2D eigenvalue weighted by atomic mass is 10.3. The van der Waals surface area contributed by atoms with Crippen molar-refractivity contribution >= 4 is 17.3 Å². The summed E-state index contributed by atoms with van der Waals surface area (Å²) in [6.07, 6.45) is 0. The Morgan fingerprint density at radius 2 is 2.09 bits per heavy atom. The van der Waals surface area contributed by atoms with Crippen LogP contribution in [0.4, 0.5) is 0 Å². The van der Waals surface area contributed by atoms with Gasteiger partial charge < -0.3 is 15.5 Å². The summed E-state index contributed by atoms with van der Waals surface area (Å²) < 4.78 is 0. The molecule has 0 saturated heterocycles. The fourth-order valence-electron chi connectivity index (χ4n) is 0.889. The Balaban J connectivity index is 3.51. The highest BCUT2D eigenvalue weighted by Crippen LogP contribution is 1.83. The van der Waals surface area contributed by atoms with Crippen LogP contribution in [0.1, 0.15) is 6.92 Å². The van der Waals surface area contributed by atoms with Crippen LogP contribution in [0.2, 0.25) is 0 Å². The van der Waals surface area contributed by atoms with Crippen LogP contribution in [-0.2, 0) is 0 Å². The third-order valence-electron chi connectivity index (χ3n) is 1.24. The molecule has 3 nitrogen and oxygen atoms in total. The maximum atomic E-state index is 4.94. The molecule has 1 unspecified atom stereocenters. The molecule has 0 aromatic rings. The maximum Gasteiger partial charge on any atom is 0.166 e. The highest BCUT2D eigenvalue weighted by atomic mass is 32.1. The molecule has 11 heavy (non-hydrogen) atoms. The second-order valence-corrected chi connectivity index (χ2v) is 3.30. The monoisotopic (exact) mass is 175 g/mol. The molecule has 0 aliphatic heterocycles. The van der Waals surface area contributed by atoms with Crippen LogP contribution < -0.4 is 10.6 Å². The lowest BCUT2D eigenvalue weighted by molar-refractivity contribution is 0.369. The van der Waals surface area contributed by atoms with Crippen molar-refractivity contribution in [3.05, 3.63) is 0 Å². The summed E-state index contributed by atoms with van der Waals surface area (Å²) in [6.45, 7) is 3.09. The largest absolute Gasteiger partial charge is 0.366 e. The summed E-state index contributed by atoms with van der Waals surface area (Å²) in [6, 6.07) is 0.393. The molecule has 0 aromatic heterocycles. The van der Waals surface area contributed by atoms with Gasteiger partial charge in [-0.1, -0.05) is 0 Å². The molecule has 0 fully saturated rings. The van der Waals surface area contributed by atoms with E-state index in [0.29, 0.717) is 11.2 Å². The Hall–Kier alpha value is -0.350. The van der Waals surface area contributed by atoms with Gasteiger partial charge in [-0.2, -0.15) is 0 Å². The Kier molecular flexibility index (Phi) is 5.15. The number of nitrogens with one attached hydrogen (secondary N) is 2. The van der Waals surface area contributed by atoms with E-state index < -0.39 is 0 Å². The van der Waals surface area contributed by atoms with Crippen molar-refractivity contribution in [1.29, 1.82) is 0 Å². The molecule has 0 rings (SSSR count). The van der Waals surface area contributed by atoms with Crippen LogP contribution >= 0.6 is 12.2 Å². The van der Waals surface area contributed by atoms with Gasteiger partial charge in [-0.25, -0.2) is 0 Å². The topological polar surface area (TPSA) is 27.3 Å². The van der Waals surface area contributed by atoms with Crippen molar-refractivity contribution in [1.82, 2.24) is 15.5 Å². The van der Waals surface area contributed by atoms with Gasteiger partial charge in [-0.15, -0.1) is 0 Å². The van der Waals surface area contributed by atoms with E-state index in [9.17, 15) is 0 Å². The number of thiocarbonyl (C=S) groups is 1. The van der Waals surface area contributed by atoms with Gasteiger partial charge in [-0.05, 0) is 33.2 Å². The summed E-state index contributed by atoms with van der Waals surface area (Å²) in [4.78, 5) is 2.12. The molecular formula is C7H17N3S. The molecule has 0 saturated carbocycles. The second-order valence-electron chi connectivity index (χ2n) is 2.89. The molecule has 0 aliphatic rings. The lowest BCUT2D eigenvalue weighted by Crippen LogP contribution is -2.43. The standard InChI is InChI=1S/C7H17N3S/c1-6(5-10(3)4)9-7(11)8-2/h6H,5H2,1-4H3,(H2,8,9,11). The minimum Gasteiger partial charge on any atom is -0.366 e. The Labute approximate surface area is 74.1 Å². The maximum absolute atomic E-state index is 4.94. The van der Waals surface area contributed by atoms with Crippen LogP contribution in [-0.4, -0.2) is 43.7 Å². The molecule has 0 spiro atoms. The fourth-order valence-corrected chi connectivity index (χ4v) is 1.09. The molecule has 2 N–H and O–H groups in total. The second kappa shape index (κ2) is 5.32. The van der Waals surface area contributed by atoms with Gasteiger partial charge in [0.15, 0.2) is 5.11 Å². The van der Waals surface area contributed by atoms with Gasteiger partial charge >= 0.3 is 0 Å². The molecule has 0 radical (unpaired) electrons. The summed E-state index contributed by atoms with van der Waals surface area (Å²) in [7, 11) is 5.90. The van der Waals surface area contributed by atoms with Crippen molar-refractivity contribution in [2.45, 2.75) is 13.0 Å². The first-order chi connectivity index (χ1) is 5.06. The van der Waals surface area contributed by atoms with E-state index in [-0.39, 0.29) is 0 Å². The summed E-state index contributed by atoms with van der Waals surface area (Å²) in [5.41, 5.74) is 0. The molecule has 0 amide bonds. The molecule has 66 valence electrons. The van der Waals surface area contributed by atoms with Crippen molar-refractivity contribution in [3.8, 4) is 0 Å². The van der Waals surface area contributed by atoms with E-state index in [4.69, 9.17) is 12.2 Å². The van der Waals surface area contributed by atoms with Crippen molar-refractivity contribution < 1.29 is 0 Å². The molecule has 4 heteroatoms. The molecule has 0 aromatic carbocycles. The first-order valence-corrected chi connectivity index (χ1v) is 4.10. The van der Waals surface area contributed by atoms with Gasteiger partial charge in [0.2, 0.25) is 0 Å². The number of hydrogen-bond acceptors (Lipinski definition) is 2. The van der Waals surface area contributed by atoms with Crippen LogP contribution in [0.5, 0.6) is 0 Å². The number of hydrogen-bond donors (Lipinski definition) is 2. The average molecular weight is 175 g/mol. The van der Waals surface area contributed by atoms with Gasteiger partial charge in [0.05, 0.1) is 0 Å². The van der Waals surface area contributed by atoms with Gasteiger partial charge in [0, 0.05) is 19.6 Å². The minimum atomic E-state index is 0.393. The van der Waals surface area contributed by atoms with E-state index in [1.807, 2.05) is 21.1 Å². The zero-order chi connectivity index (χ0) is 8.85. The smallest absolute Gasteiger partial charge is 0.166 e. The molecule has 0 bridgehead atoms. The highest BCUT2D eigenvalue weighted by Gasteiger charge is 2.02. The van der Waals surface area contributed by atoms with Gasteiger partial charge in [0.25, 0.3) is 0 Å². The summed E-state index contributed by atoms with van der Waals surface area (Å²) in [5, 5.41) is 6.72. The first kappa shape index (κ1) is 10.7. The van der Waals surface area contributed by atoms with E-state index >= 15 is 0 Å². The van der Waals surface area contributed by atoms with E-state index in [1.165, 1.54) is 0 Å². The Bertz CT molecular complexity index is 125. The van der Waals surface area contributed by atoms with E-state index in [0.717, 1.165) is 6.54 Å². The van der Waals surface area contributed by atoms with Gasteiger partial charge in [-0.3, -0.25) is 0 Å². The average Bonchev–Trinajstić information content (AvgIpc) is 1.85.